The normalized spacial score (nSPS) is 12.4. The second-order valence-electron chi connectivity index (χ2n) is 4.06. The van der Waals surface area contributed by atoms with E-state index in [1.54, 1.807) is 11.8 Å². The van der Waals surface area contributed by atoms with Gasteiger partial charge in [-0.05, 0) is 31.7 Å². The average Bonchev–Trinajstić information content (AvgIpc) is 2.36. The number of hydrogen-bond donors (Lipinski definition) is 0. The maximum Gasteiger partial charge on any atom is 0.188 e. The van der Waals surface area contributed by atoms with Crippen molar-refractivity contribution < 1.29 is 9.53 Å². The van der Waals surface area contributed by atoms with Crippen LogP contribution in [-0.2, 0) is 4.74 Å². The van der Waals surface area contributed by atoms with Crippen molar-refractivity contribution in [1.82, 2.24) is 0 Å². The number of ether oxygens (including phenoxy) is 1. The van der Waals surface area contributed by atoms with Gasteiger partial charge in [0.15, 0.2) is 5.78 Å². The summed E-state index contributed by atoms with van der Waals surface area (Å²) >= 11 is 1.67. The van der Waals surface area contributed by atoms with Crippen LogP contribution in [-0.4, -0.2) is 24.7 Å². The molecule has 1 aromatic carbocycles. The van der Waals surface area contributed by atoms with Gasteiger partial charge in [0.05, 0.1) is 6.10 Å². The minimum Gasteiger partial charge on any atom is -0.370 e. The highest BCUT2D eigenvalue weighted by Crippen LogP contribution is 2.15. The number of carbonyl (C=O) groups is 1. The Morgan fingerprint density at radius 2 is 2.00 bits per heavy atom. The zero-order chi connectivity index (χ0) is 12.7. The van der Waals surface area contributed by atoms with Crippen molar-refractivity contribution in [2.45, 2.75) is 37.7 Å². The summed E-state index contributed by atoms with van der Waals surface area (Å²) in [6, 6.07) is 7.66. The lowest BCUT2D eigenvalue weighted by Gasteiger charge is -2.11. The Morgan fingerprint density at radius 3 is 2.53 bits per heavy atom. The van der Waals surface area contributed by atoms with Gasteiger partial charge in [-0.3, -0.25) is 4.79 Å². The molecule has 0 spiro atoms. The van der Waals surface area contributed by atoms with Crippen molar-refractivity contribution in [3.8, 4) is 0 Å². The predicted molar refractivity (Wildman–Crippen MR) is 72.9 cm³/mol. The van der Waals surface area contributed by atoms with E-state index in [9.17, 15) is 4.79 Å². The number of hydrogen-bond acceptors (Lipinski definition) is 3. The van der Waals surface area contributed by atoms with Crippen LogP contribution in [0.3, 0.4) is 0 Å². The number of ketones is 1. The summed E-state index contributed by atoms with van der Waals surface area (Å²) in [6.45, 7) is 4.30. The van der Waals surface area contributed by atoms with Gasteiger partial charge in [0, 0.05) is 10.5 Å². The Hall–Kier alpha value is -0.800. The average molecular weight is 252 g/mol. The first kappa shape index (κ1) is 14.3. The third-order valence-corrected chi connectivity index (χ3v) is 3.35. The molecule has 0 radical (unpaired) electrons. The minimum atomic E-state index is 0.0561. The summed E-state index contributed by atoms with van der Waals surface area (Å²) in [4.78, 5) is 13.0. The van der Waals surface area contributed by atoms with Crippen LogP contribution >= 0.6 is 11.8 Å². The SMILES string of the molecule is CCCC(C)OCC(=O)c1ccc(SC)cc1. The Kier molecular flexibility index (Phi) is 6.30. The van der Waals surface area contributed by atoms with E-state index in [2.05, 4.69) is 6.92 Å². The highest BCUT2D eigenvalue weighted by Gasteiger charge is 2.08. The molecule has 17 heavy (non-hydrogen) atoms. The van der Waals surface area contributed by atoms with Crippen molar-refractivity contribution in [1.29, 1.82) is 0 Å². The summed E-state index contributed by atoms with van der Waals surface area (Å²) in [5, 5.41) is 0. The topological polar surface area (TPSA) is 26.3 Å². The predicted octanol–water partition coefficient (Wildman–Crippen LogP) is 3.80. The molecule has 0 N–H and O–H groups in total. The van der Waals surface area contributed by atoms with Crippen molar-refractivity contribution in [3.05, 3.63) is 29.8 Å². The van der Waals surface area contributed by atoms with Crippen LogP contribution in [0.5, 0.6) is 0 Å². The van der Waals surface area contributed by atoms with Gasteiger partial charge in [0.25, 0.3) is 0 Å². The van der Waals surface area contributed by atoms with Gasteiger partial charge >= 0.3 is 0 Å². The third-order valence-electron chi connectivity index (χ3n) is 2.61. The molecule has 1 aromatic rings. The molecule has 0 bridgehead atoms. The van der Waals surface area contributed by atoms with E-state index in [0.29, 0.717) is 0 Å². The van der Waals surface area contributed by atoms with Crippen molar-refractivity contribution in [2.75, 3.05) is 12.9 Å². The van der Waals surface area contributed by atoms with Gasteiger partial charge in [-0.25, -0.2) is 0 Å². The molecule has 3 heteroatoms. The third kappa shape index (κ3) is 4.92. The molecule has 1 unspecified atom stereocenters. The minimum absolute atomic E-state index is 0.0561. The lowest BCUT2D eigenvalue weighted by molar-refractivity contribution is 0.0490. The number of thioether (sulfide) groups is 1. The second kappa shape index (κ2) is 7.51. The van der Waals surface area contributed by atoms with E-state index >= 15 is 0 Å². The van der Waals surface area contributed by atoms with Crippen LogP contribution in [0.15, 0.2) is 29.2 Å². The molecule has 0 fully saturated rings. The first-order valence-electron chi connectivity index (χ1n) is 5.96. The summed E-state index contributed by atoms with van der Waals surface area (Å²) in [6.07, 6.45) is 4.26. The molecule has 0 aliphatic heterocycles. The molecule has 0 saturated heterocycles. The molecule has 0 aliphatic carbocycles. The van der Waals surface area contributed by atoms with Crippen molar-refractivity contribution in [3.63, 3.8) is 0 Å². The number of Topliss-reactive ketones (excluding diaryl/α,β-unsaturated/α-hetero) is 1. The van der Waals surface area contributed by atoms with Crippen LogP contribution in [0.1, 0.15) is 37.0 Å². The van der Waals surface area contributed by atoms with E-state index in [1.807, 2.05) is 37.4 Å². The van der Waals surface area contributed by atoms with Crippen LogP contribution in [0.2, 0.25) is 0 Å². The van der Waals surface area contributed by atoms with Gasteiger partial charge in [0.2, 0.25) is 0 Å². The Labute approximate surface area is 108 Å². The fourth-order valence-electron chi connectivity index (χ4n) is 1.57. The molecule has 0 heterocycles. The monoisotopic (exact) mass is 252 g/mol. The zero-order valence-corrected chi connectivity index (χ0v) is 11.5. The van der Waals surface area contributed by atoms with E-state index in [4.69, 9.17) is 4.74 Å². The molecule has 1 rings (SSSR count). The highest BCUT2D eigenvalue weighted by molar-refractivity contribution is 7.98. The van der Waals surface area contributed by atoms with Crippen LogP contribution in [0, 0.1) is 0 Å². The smallest absolute Gasteiger partial charge is 0.188 e. The lowest BCUT2D eigenvalue weighted by Crippen LogP contribution is -2.15. The molecular weight excluding hydrogens is 232 g/mol. The van der Waals surface area contributed by atoms with Crippen molar-refractivity contribution in [2.24, 2.45) is 0 Å². The maximum atomic E-state index is 11.8. The zero-order valence-electron chi connectivity index (χ0n) is 10.7. The Balaban J connectivity index is 2.46. The lowest BCUT2D eigenvalue weighted by atomic mass is 10.1. The van der Waals surface area contributed by atoms with E-state index < -0.39 is 0 Å². The molecule has 0 aliphatic rings. The van der Waals surface area contributed by atoms with E-state index in [1.165, 1.54) is 4.90 Å². The molecule has 2 nitrogen and oxygen atoms in total. The van der Waals surface area contributed by atoms with Crippen LogP contribution in [0.25, 0.3) is 0 Å². The van der Waals surface area contributed by atoms with Crippen molar-refractivity contribution >= 4 is 17.5 Å². The van der Waals surface area contributed by atoms with Gasteiger partial charge in [-0.15, -0.1) is 11.8 Å². The Bertz CT molecular complexity index is 346. The van der Waals surface area contributed by atoms with Crippen LogP contribution in [0.4, 0.5) is 0 Å². The van der Waals surface area contributed by atoms with Gasteiger partial charge in [-0.1, -0.05) is 25.5 Å². The molecule has 0 saturated carbocycles. The number of rotatable bonds is 7. The summed E-state index contributed by atoms with van der Waals surface area (Å²) < 4.78 is 5.50. The molecule has 1 atom stereocenters. The van der Waals surface area contributed by atoms with Gasteiger partial charge < -0.3 is 4.74 Å². The molecular formula is C14H20O2S. The van der Waals surface area contributed by atoms with Gasteiger partial charge in [-0.2, -0.15) is 0 Å². The molecule has 0 amide bonds. The summed E-state index contributed by atoms with van der Waals surface area (Å²) in [5.41, 5.74) is 0.728. The first-order chi connectivity index (χ1) is 8.17. The van der Waals surface area contributed by atoms with E-state index in [-0.39, 0.29) is 18.5 Å². The first-order valence-corrected chi connectivity index (χ1v) is 7.18. The quantitative estimate of drug-likeness (QED) is 0.545. The fraction of sp³-hybridized carbons (Fsp3) is 0.500. The molecule has 94 valence electrons. The largest absolute Gasteiger partial charge is 0.370 e. The Morgan fingerprint density at radius 1 is 1.35 bits per heavy atom. The second-order valence-corrected chi connectivity index (χ2v) is 4.94. The standard InChI is InChI=1S/C14H20O2S/c1-4-5-11(2)16-10-14(15)12-6-8-13(17-3)9-7-12/h6-9,11H,4-5,10H2,1-3H3. The number of carbonyl (C=O) groups excluding carboxylic acids is 1. The highest BCUT2D eigenvalue weighted by atomic mass is 32.2. The van der Waals surface area contributed by atoms with Gasteiger partial charge in [0.1, 0.15) is 6.61 Å². The van der Waals surface area contributed by atoms with E-state index in [0.717, 1.165) is 18.4 Å². The number of benzene rings is 1. The fourth-order valence-corrected chi connectivity index (χ4v) is 1.98. The summed E-state index contributed by atoms with van der Waals surface area (Å²) in [5.74, 6) is 0.0561. The molecule has 0 aromatic heterocycles. The maximum absolute atomic E-state index is 11.8. The van der Waals surface area contributed by atoms with Crippen LogP contribution < -0.4 is 0 Å². The summed E-state index contributed by atoms with van der Waals surface area (Å²) in [7, 11) is 0.